The van der Waals surface area contributed by atoms with Gasteiger partial charge in [0.2, 0.25) is 0 Å². The molecule has 0 radical (unpaired) electrons. The van der Waals surface area contributed by atoms with E-state index < -0.39 is 4.92 Å². The van der Waals surface area contributed by atoms with Crippen LogP contribution in [0.25, 0.3) is 0 Å². The molecule has 0 bridgehead atoms. The predicted molar refractivity (Wildman–Crippen MR) is 117 cm³/mol. The van der Waals surface area contributed by atoms with Crippen molar-refractivity contribution in [3.8, 4) is 0 Å². The smallest absolute Gasteiger partial charge is 0.312 e. The summed E-state index contributed by atoms with van der Waals surface area (Å²) in [6.45, 7) is 11.3. The molecular formula is C22H31N5O4. The van der Waals surface area contributed by atoms with Crippen LogP contribution in [0.2, 0.25) is 0 Å². The highest BCUT2D eigenvalue weighted by Crippen LogP contribution is 2.22. The van der Waals surface area contributed by atoms with Gasteiger partial charge >= 0.3 is 5.69 Å². The van der Waals surface area contributed by atoms with Gasteiger partial charge in [-0.15, -0.1) is 0 Å². The van der Waals surface area contributed by atoms with E-state index in [4.69, 9.17) is 4.74 Å². The number of carbonyl (C=O) groups is 1. The number of nitro groups is 1. The standard InChI is InChI=1S/C22H31N5O4/c1-15-12-25(13-16(2)31-15)11-5-10-23-22(28)20-8-6-19(7-9-20)14-26-18(4)21(27(29)30)17(3)24-26/h6-9,15-16H,5,10-14H2,1-4H3,(H,23,28)/t15-,16-/m0/s1. The van der Waals surface area contributed by atoms with Crippen LogP contribution in [0.15, 0.2) is 24.3 Å². The van der Waals surface area contributed by atoms with E-state index in [0.29, 0.717) is 30.0 Å². The SMILES string of the molecule is Cc1nn(Cc2ccc(C(=O)NCCCN3C[C@H](C)O[C@@H](C)C3)cc2)c(C)c1[N+](=O)[O-]. The van der Waals surface area contributed by atoms with Gasteiger partial charge in [0.15, 0.2) is 0 Å². The average Bonchev–Trinajstić information content (AvgIpc) is 2.98. The molecule has 0 unspecified atom stereocenters. The van der Waals surface area contributed by atoms with Crippen LogP contribution >= 0.6 is 0 Å². The normalized spacial score (nSPS) is 19.4. The van der Waals surface area contributed by atoms with Crippen LogP contribution in [0, 0.1) is 24.0 Å². The second kappa shape index (κ2) is 10.0. The zero-order valence-corrected chi connectivity index (χ0v) is 18.6. The zero-order valence-electron chi connectivity index (χ0n) is 18.6. The predicted octanol–water partition coefficient (Wildman–Crippen LogP) is 2.69. The summed E-state index contributed by atoms with van der Waals surface area (Å²) in [5.41, 5.74) is 2.49. The van der Waals surface area contributed by atoms with Crippen molar-refractivity contribution in [1.29, 1.82) is 0 Å². The van der Waals surface area contributed by atoms with Crippen molar-refractivity contribution in [3.05, 3.63) is 56.9 Å². The molecule has 1 aromatic heterocycles. The van der Waals surface area contributed by atoms with E-state index >= 15 is 0 Å². The van der Waals surface area contributed by atoms with Crippen LogP contribution < -0.4 is 5.32 Å². The number of amides is 1. The Kier molecular flexibility index (Phi) is 7.40. The minimum atomic E-state index is -0.401. The first-order chi connectivity index (χ1) is 14.7. The molecule has 2 aromatic rings. The molecule has 0 aliphatic carbocycles. The van der Waals surface area contributed by atoms with Gasteiger partial charge in [-0.2, -0.15) is 5.10 Å². The fraction of sp³-hybridized carbons (Fsp3) is 0.545. The quantitative estimate of drug-likeness (QED) is 0.393. The Hall–Kier alpha value is -2.78. The first-order valence-corrected chi connectivity index (χ1v) is 10.7. The molecule has 1 fully saturated rings. The molecule has 0 spiro atoms. The maximum atomic E-state index is 12.4. The van der Waals surface area contributed by atoms with Gasteiger partial charge in [0.05, 0.1) is 23.7 Å². The lowest BCUT2D eigenvalue weighted by Gasteiger charge is -2.35. The maximum absolute atomic E-state index is 12.4. The van der Waals surface area contributed by atoms with Gasteiger partial charge < -0.3 is 10.1 Å². The van der Waals surface area contributed by atoms with E-state index in [1.807, 2.05) is 12.1 Å². The van der Waals surface area contributed by atoms with E-state index in [1.165, 1.54) is 0 Å². The van der Waals surface area contributed by atoms with Crippen LogP contribution in [-0.4, -0.2) is 63.9 Å². The third kappa shape index (κ3) is 5.89. The Balaban J connectivity index is 1.48. The number of carbonyl (C=O) groups excluding carboxylic acids is 1. The molecule has 1 amide bonds. The number of hydrogen-bond donors (Lipinski definition) is 1. The third-order valence-corrected chi connectivity index (χ3v) is 5.51. The molecule has 1 N–H and O–H groups in total. The molecule has 168 valence electrons. The van der Waals surface area contributed by atoms with Crippen LogP contribution in [0.5, 0.6) is 0 Å². The molecule has 9 heteroatoms. The van der Waals surface area contributed by atoms with E-state index in [0.717, 1.165) is 31.6 Å². The summed E-state index contributed by atoms with van der Waals surface area (Å²) in [5, 5.41) is 18.4. The fourth-order valence-corrected chi connectivity index (χ4v) is 4.11. The molecule has 1 aliphatic rings. The van der Waals surface area contributed by atoms with Crippen molar-refractivity contribution >= 4 is 11.6 Å². The number of nitrogens with zero attached hydrogens (tertiary/aromatic N) is 4. The second-order valence-electron chi connectivity index (χ2n) is 8.26. The van der Waals surface area contributed by atoms with Crippen molar-refractivity contribution in [1.82, 2.24) is 20.0 Å². The number of rotatable bonds is 8. The second-order valence-corrected chi connectivity index (χ2v) is 8.26. The molecule has 31 heavy (non-hydrogen) atoms. The number of ether oxygens (including phenoxy) is 1. The topological polar surface area (TPSA) is 103 Å². The Labute approximate surface area is 182 Å². The van der Waals surface area contributed by atoms with E-state index in [2.05, 4.69) is 29.2 Å². The highest BCUT2D eigenvalue weighted by Gasteiger charge is 2.22. The lowest BCUT2D eigenvalue weighted by Crippen LogP contribution is -2.46. The molecule has 1 aromatic carbocycles. The van der Waals surface area contributed by atoms with Gasteiger partial charge in [0.1, 0.15) is 11.4 Å². The maximum Gasteiger partial charge on any atom is 0.312 e. The van der Waals surface area contributed by atoms with Gasteiger partial charge in [-0.1, -0.05) is 12.1 Å². The number of morpholine rings is 1. The Morgan fingerprint density at radius 1 is 1.23 bits per heavy atom. The molecule has 0 saturated carbocycles. The van der Waals surface area contributed by atoms with E-state index in [9.17, 15) is 14.9 Å². The van der Waals surface area contributed by atoms with Crippen LogP contribution in [-0.2, 0) is 11.3 Å². The van der Waals surface area contributed by atoms with Crippen molar-refractivity contribution in [3.63, 3.8) is 0 Å². The van der Waals surface area contributed by atoms with Gasteiger partial charge in [-0.05, 0) is 51.8 Å². The van der Waals surface area contributed by atoms with Crippen LogP contribution in [0.4, 0.5) is 5.69 Å². The highest BCUT2D eigenvalue weighted by molar-refractivity contribution is 5.94. The number of aromatic nitrogens is 2. The summed E-state index contributed by atoms with van der Waals surface area (Å²) in [6.07, 6.45) is 1.38. The number of hydrogen-bond acceptors (Lipinski definition) is 6. The molecule has 2 atom stereocenters. The van der Waals surface area contributed by atoms with Crippen molar-refractivity contribution in [2.45, 2.75) is 52.9 Å². The molecule has 2 heterocycles. The fourth-order valence-electron chi connectivity index (χ4n) is 4.11. The lowest BCUT2D eigenvalue weighted by molar-refractivity contribution is -0.386. The number of aryl methyl sites for hydroxylation is 1. The van der Waals surface area contributed by atoms with Crippen molar-refractivity contribution in [2.24, 2.45) is 0 Å². The molecule has 1 saturated heterocycles. The van der Waals surface area contributed by atoms with Crippen LogP contribution in [0.3, 0.4) is 0 Å². The number of benzene rings is 1. The van der Waals surface area contributed by atoms with Gasteiger partial charge in [0.25, 0.3) is 5.91 Å². The zero-order chi connectivity index (χ0) is 22.5. The third-order valence-electron chi connectivity index (χ3n) is 5.51. The summed E-state index contributed by atoms with van der Waals surface area (Å²) in [7, 11) is 0. The largest absolute Gasteiger partial charge is 0.373 e. The van der Waals surface area contributed by atoms with Crippen molar-refractivity contribution < 1.29 is 14.5 Å². The first kappa shape index (κ1) is 22.9. The average molecular weight is 430 g/mol. The Bertz CT molecular complexity index is 915. The minimum absolute atomic E-state index is 0.0528. The van der Waals surface area contributed by atoms with Crippen molar-refractivity contribution in [2.75, 3.05) is 26.2 Å². The molecule has 9 nitrogen and oxygen atoms in total. The summed E-state index contributed by atoms with van der Waals surface area (Å²) in [6, 6.07) is 7.26. The summed E-state index contributed by atoms with van der Waals surface area (Å²) < 4.78 is 7.36. The van der Waals surface area contributed by atoms with Gasteiger partial charge in [0, 0.05) is 31.7 Å². The van der Waals surface area contributed by atoms with Crippen LogP contribution in [0.1, 0.15) is 47.6 Å². The summed E-state index contributed by atoms with van der Waals surface area (Å²) in [4.78, 5) is 25.5. The van der Waals surface area contributed by atoms with Gasteiger partial charge in [-0.3, -0.25) is 24.5 Å². The Morgan fingerprint density at radius 2 is 1.87 bits per heavy atom. The molecular weight excluding hydrogens is 398 g/mol. The minimum Gasteiger partial charge on any atom is -0.373 e. The van der Waals surface area contributed by atoms with E-state index in [-0.39, 0.29) is 23.8 Å². The Morgan fingerprint density at radius 3 is 2.45 bits per heavy atom. The monoisotopic (exact) mass is 429 g/mol. The van der Waals surface area contributed by atoms with E-state index in [1.54, 1.807) is 30.7 Å². The lowest BCUT2D eigenvalue weighted by atomic mass is 10.1. The van der Waals surface area contributed by atoms with Gasteiger partial charge in [-0.25, -0.2) is 0 Å². The summed E-state index contributed by atoms with van der Waals surface area (Å²) >= 11 is 0. The molecule has 3 rings (SSSR count). The number of nitrogens with one attached hydrogen (secondary N) is 1. The molecule has 1 aliphatic heterocycles. The highest BCUT2D eigenvalue weighted by atomic mass is 16.6. The first-order valence-electron chi connectivity index (χ1n) is 10.7. The summed E-state index contributed by atoms with van der Waals surface area (Å²) in [5.74, 6) is -0.1000.